The molecule has 0 bridgehead atoms. The maximum absolute atomic E-state index is 12.5. The lowest BCUT2D eigenvalue weighted by atomic mass is 10.1. The molecule has 142 valence electrons. The van der Waals surface area contributed by atoms with Crippen LogP contribution < -0.4 is 4.72 Å². The van der Waals surface area contributed by atoms with Crippen molar-refractivity contribution in [3.63, 3.8) is 0 Å². The van der Waals surface area contributed by atoms with Gasteiger partial charge in [0.15, 0.2) is 0 Å². The molecule has 0 spiro atoms. The minimum atomic E-state index is -3.94. The number of anilines is 1. The summed E-state index contributed by atoms with van der Waals surface area (Å²) in [5.74, 6) is -1.29. The fourth-order valence-electron chi connectivity index (χ4n) is 2.47. The summed E-state index contributed by atoms with van der Waals surface area (Å²) < 4.78 is 27.5. The highest BCUT2D eigenvalue weighted by molar-refractivity contribution is 7.92. The van der Waals surface area contributed by atoms with E-state index >= 15 is 0 Å². The molecule has 0 fully saturated rings. The van der Waals surface area contributed by atoms with E-state index in [2.05, 4.69) is 4.72 Å². The van der Waals surface area contributed by atoms with Crippen molar-refractivity contribution >= 4 is 45.4 Å². The highest BCUT2D eigenvalue weighted by Crippen LogP contribution is 2.23. The number of nitrogens with one attached hydrogen (secondary N) is 1. The van der Waals surface area contributed by atoms with Gasteiger partial charge < -0.3 is 5.11 Å². The molecule has 2 N–H and O–H groups in total. The standard InChI is InChI=1S/C21H16ClNO4S/c22-20-13-12-18(14-19(20)21(24)25)28(26,27)23-17-10-8-16(9-11-17)7-6-15-4-2-1-3-5-15/h1-14,23H,(H,24,25)/b7-6+. The number of halogens is 1. The second kappa shape index (κ2) is 8.29. The number of rotatable bonds is 6. The Balaban J connectivity index is 1.77. The summed E-state index contributed by atoms with van der Waals surface area (Å²) >= 11 is 5.79. The van der Waals surface area contributed by atoms with Gasteiger partial charge in [-0.2, -0.15) is 0 Å². The molecule has 0 aromatic heterocycles. The van der Waals surface area contributed by atoms with E-state index in [4.69, 9.17) is 16.7 Å². The van der Waals surface area contributed by atoms with Crippen LogP contribution in [0, 0.1) is 0 Å². The van der Waals surface area contributed by atoms with E-state index in [0.29, 0.717) is 5.69 Å². The first-order valence-electron chi connectivity index (χ1n) is 8.24. The first kappa shape index (κ1) is 19.7. The number of hydrogen-bond donors (Lipinski definition) is 2. The summed E-state index contributed by atoms with van der Waals surface area (Å²) in [6.45, 7) is 0. The molecule has 5 nitrogen and oxygen atoms in total. The van der Waals surface area contributed by atoms with E-state index < -0.39 is 16.0 Å². The Hall–Kier alpha value is -3.09. The van der Waals surface area contributed by atoms with E-state index in [0.717, 1.165) is 17.2 Å². The van der Waals surface area contributed by atoms with Crippen LogP contribution in [0.2, 0.25) is 5.02 Å². The number of hydrogen-bond acceptors (Lipinski definition) is 3. The average molecular weight is 414 g/mol. The molecule has 0 amide bonds. The molecule has 3 rings (SSSR count). The molecule has 0 saturated heterocycles. The molecule has 0 aliphatic rings. The molecule has 0 radical (unpaired) electrons. The van der Waals surface area contributed by atoms with Gasteiger partial charge in [-0.25, -0.2) is 13.2 Å². The summed E-state index contributed by atoms with van der Waals surface area (Å²) in [6.07, 6.45) is 3.88. The van der Waals surface area contributed by atoms with Gasteiger partial charge in [0.1, 0.15) is 0 Å². The Morgan fingerprint density at radius 2 is 1.50 bits per heavy atom. The molecule has 0 aliphatic carbocycles. The van der Waals surface area contributed by atoms with Gasteiger partial charge in [0, 0.05) is 5.69 Å². The zero-order chi connectivity index (χ0) is 20.1. The van der Waals surface area contributed by atoms with E-state index in [1.807, 2.05) is 42.5 Å². The van der Waals surface area contributed by atoms with Gasteiger partial charge in [-0.15, -0.1) is 0 Å². The molecular formula is C21H16ClNO4S. The van der Waals surface area contributed by atoms with Crippen molar-refractivity contribution in [2.75, 3.05) is 4.72 Å². The third kappa shape index (κ3) is 4.79. The van der Waals surface area contributed by atoms with E-state index in [1.54, 1.807) is 24.3 Å². The van der Waals surface area contributed by atoms with Crippen molar-refractivity contribution in [2.45, 2.75) is 4.90 Å². The highest BCUT2D eigenvalue weighted by atomic mass is 35.5. The highest BCUT2D eigenvalue weighted by Gasteiger charge is 2.18. The normalized spacial score (nSPS) is 11.5. The molecule has 0 saturated carbocycles. The van der Waals surface area contributed by atoms with E-state index in [9.17, 15) is 13.2 Å². The molecule has 3 aromatic rings. The van der Waals surface area contributed by atoms with Gasteiger partial charge in [-0.3, -0.25) is 4.72 Å². The maximum atomic E-state index is 12.5. The number of aromatic carboxylic acids is 1. The minimum absolute atomic E-state index is 0.0268. The summed E-state index contributed by atoms with van der Waals surface area (Å²) in [7, 11) is -3.94. The van der Waals surface area contributed by atoms with Crippen molar-refractivity contribution in [1.82, 2.24) is 0 Å². The van der Waals surface area contributed by atoms with Crippen LogP contribution in [0.25, 0.3) is 12.2 Å². The van der Waals surface area contributed by atoms with Crippen LogP contribution in [0.5, 0.6) is 0 Å². The largest absolute Gasteiger partial charge is 0.478 e. The SMILES string of the molecule is O=C(O)c1cc(S(=O)(=O)Nc2ccc(/C=C/c3ccccc3)cc2)ccc1Cl. The molecule has 28 heavy (non-hydrogen) atoms. The van der Waals surface area contributed by atoms with Crippen LogP contribution in [0.1, 0.15) is 21.5 Å². The van der Waals surface area contributed by atoms with Gasteiger partial charge in [0.25, 0.3) is 10.0 Å². The second-order valence-corrected chi connectivity index (χ2v) is 8.01. The molecule has 0 heterocycles. The predicted molar refractivity (Wildman–Crippen MR) is 111 cm³/mol. The lowest BCUT2D eigenvalue weighted by molar-refractivity contribution is 0.0697. The summed E-state index contributed by atoms with van der Waals surface area (Å²) in [5, 5.41) is 9.08. The topological polar surface area (TPSA) is 83.5 Å². The number of carboxylic acid groups (broad SMARTS) is 1. The van der Waals surface area contributed by atoms with Gasteiger partial charge in [-0.1, -0.05) is 66.2 Å². The fraction of sp³-hybridized carbons (Fsp3) is 0. The zero-order valence-corrected chi connectivity index (χ0v) is 16.1. The lowest BCUT2D eigenvalue weighted by Crippen LogP contribution is -2.14. The van der Waals surface area contributed by atoms with Crippen LogP contribution in [-0.4, -0.2) is 19.5 Å². The van der Waals surface area contributed by atoms with Crippen LogP contribution in [0.3, 0.4) is 0 Å². The number of carboxylic acids is 1. The van der Waals surface area contributed by atoms with Gasteiger partial charge in [0.2, 0.25) is 0 Å². The Labute approximate surface area is 168 Å². The Bertz CT molecular complexity index is 1120. The van der Waals surface area contributed by atoms with Crippen LogP contribution >= 0.6 is 11.6 Å². The molecule has 0 atom stereocenters. The second-order valence-electron chi connectivity index (χ2n) is 5.92. The quantitative estimate of drug-likeness (QED) is 0.556. The van der Waals surface area contributed by atoms with Crippen molar-refractivity contribution < 1.29 is 18.3 Å². The van der Waals surface area contributed by atoms with Crippen LogP contribution in [-0.2, 0) is 10.0 Å². The molecule has 0 aliphatic heterocycles. The van der Waals surface area contributed by atoms with E-state index in [1.165, 1.54) is 12.1 Å². The molecular weight excluding hydrogens is 398 g/mol. The maximum Gasteiger partial charge on any atom is 0.337 e. The molecule has 0 unspecified atom stereocenters. The molecule has 7 heteroatoms. The summed E-state index contributed by atoms with van der Waals surface area (Å²) in [5.41, 5.74) is 2.06. The third-order valence-electron chi connectivity index (χ3n) is 3.91. The fourth-order valence-corrected chi connectivity index (χ4v) is 3.75. The van der Waals surface area contributed by atoms with Crippen LogP contribution in [0.4, 0.5) is 5.69 Å². The van der Waals surface area contributed by atoms with Gasteiger partial charge >= 0.3 is 5.97 Å². The lowest BCUT2D eigenvalue weighted by Gasteiger charge is -2.09. The monoisotopic (exact) mass is 413 g/mol. The number of carbonyl (C=O) groups is 1. The summed E-state index contributed by atoms with van der Waals surface area (Å²) in [4.78, 5) is 11.0. The number of sulfonamides is 1. The smallest absolute Gasteiger partial charge is 0.337 e. The first-order valence-corrected chi connectivity index (χ1v) is 10.1. The molecule has 3 aromatic carbocycles. The van der Waals surface area contributed by atoms with E-state index in [-0.39, 0.29) is 15.5 Å². The summed E-state index contributed by atoms with van der Waals surface area (Å²) in [6, 6.07) is 20.2. The Kier molecular flexibility index (Phi) is 5.82. The third-order valence-corrected chi connectivity index (χ3v) is 5.62. The first-order chi connectivity index (χ1) is 13.3. The van der Waals surface area contributed by atoms with Crippen molar-refractivity contribution in [3.8, 4) is 0 Å². The van der Waals surface area contributed by atoms with Crippen molar-refractivity contribution in [2.24, 2.45) is 0 Å². The number of benzene rings is 3. The Morgan fingerprint density at radius 3 is 2.11 bits per heavy atom. The predicted octanol–water partition coefficient (Wildman–Crippen LogP) is 5.01. The minimum Gasteiger partial charge on any atom is -0.478 e. The van der Waals surface area contributed by atoms with Gasteiger partial charge in [0.05, 0.1) is 15.5 Å². The van der Waals surface area contributed by atoms with Crippen molar-refractivity contribution in [3.05, 3.63) is 94.5 Å². The van der Waals surface area contributed by atoms with Crippen molar-refractivity contribution in [1.29, 1.82) is 0 Å². The zero-order valence-electron chi connectivity index (χ0n) is 14.5. The van der Waals surface area contributed by atoms with Gasteiger partial charge in [-0.05, 0) is 41.5 Å². The van der Waals surface area contributed by atoms with Crippen LogP contribution in [0.15, 0.2) is 77.7 Å². The Morgan fingerprint density at radius 1 is 0.893 bits per heavy atom. The average Bonchev–Trinajstić information content (AvgIpc) is 2.68.